The van der Waals surface area contributed by atoms with Crippen LogP contribution in [0.3, 0.4) is 0 Å². The monoisotopic (exact) mass is 498 g/mol. The van der Waals surface area contributed by atoms with Gasteiger partial charge >= 0.3 is 0 Å². The van der Waals surface area contributed by atoms with Crippen LogP contribution in [0.1, 0.15) is 9.88 Å². The fraction of sp³-hybridized carbons (Fsp3) is 0.182. The van der Waals surface area contributed by atoms with E-state index in [1.54, 1.807) is 34.0 Å². The molecule has 6 nitrogen and oxygen atoms in total. The van der Waals surface area contributed by atoms with Crippen molar-refractivity contribution in [2.24, 2.45) is 0 Å². The van der Waals surface area contributed by atoms with Crippen LogP contribution in [-0.4, -0.2) is 27.0 Å². The lowest BCUT2D eigenvalue weighted by Gasteiger charge is -2.07. The Balaban J connectivity index is 1.23. The largest absolute Gasteiger partial charge is 0.354 e. The zero-order chi connectivity index (χ0) is 22.1. The van der Waals surface area contributed by atoms with Crippen LogP contribution in [0, 0.1) is 6.92 Å². The van der Waals surface area contributed by atoms with Crippen LogP contribution >= 0.6 is 45.3 Å². The molecule has 0 aliphatic carbocycles. The van der Waals surface area contributed by atoms with E-state index < -0.39 is 0 Å². The number of aryl methyl sites for hydroxylation is 1. The third-order valence-corrected chi connectivity index (χ3v) is 8.62. The van der Waals surface area contributed by atoms with E-state index in [-0.39, 0.29) is 18.0 Å². The number of aromatic nitrogens is 3. The van der Waals surface area contributed by atoms with Gasteiger partial charge in [0.25, 0.3) is 5.56 Å². The van der Waals surface area contributed by atoms with Crippen molar-refractivity contribution in [3.63, 3.8) is 0 Å². The summed E-state index contributed by atoms with van der Waals surface area (Å²) < 4.78 is 1.38. The van der Waals surface area contributed by atoms with E-state index in [2.05, 4.69) is 32.8 Å². The first-order chi connectivity index (χ1) is 15.6. The maximum Gasteiger partial charge on any atom is 0.263 e. The van der Waals surface area contributed by atoms with Crippen LogP contribution in [0.4, 0.5) is 0 Å². The molecular weight excluding hydrogens is 481 g/mol. The molecule has 0 saturated heterocycles. The minimum absolute atomic E-state index is 0.0463. The summed E-state index contributed by atoms with van der Waals surface area (Å²) in [5.41, 5.74) is 1.71. The number of carbonyl (C=O) groups is 1. The molecule has 0 aliphatic rings. The summed E-state index contributed by atoms with van der Waals surface area (Å²) in [5.74, 6) is -0.201. The Morgan fingerprint density at radius 1 is 1.12 bits per heavy atom. The minimum atomic E-state index is -0.201. The van der Waals surface area contributed by atoms with Gasteiger partial charge in [-0.3, -0.25) is 14.2 Å². The van der Waals surface area contributed by atoms with E-state index >= 15 is 0 Å². The molecule has 1 amide bonds. The third kappa shape index (κ3) is 4.31. The van der Waals surface area contributed by atoms with Gasteiger partial charge in [0.2, 0.25) is 5.91 Å². The minimum Gasteiger partial charge on any atom is -0.354 e. The van der Waals surface area contributed by atoms with Gasteiger partial charge in [-0.15, -0.1) is 45.3 Å². The lowest BCUT2D eigenvalue weighted by atomic mass is 10.2. The molecule has 0 fully saturated rings. The van der Waals surface area contributed by atoms with Crippen molar-refractivity contribution in [3.05, 3.63) is 67.0 Å². The number of thiazole rings is 1. The van der Waals surface area contributed by atoms with Crippen LogP contribution in [0.2, 0.25) is 0 Å². The third-order valence-electron chi connectivity index (χ3n) is 4.89. The first-order valence-corrected chi connectivity index (χ1v) is 13.3. The molecule has 162 valence electrons. The van der Waals surface area contributed by atoms with Gasteiger partial charge in [-0.25, -0.2) is 9.97 Å². The molecule has 0 atom stereocenters. The van der Waals surface area contributed by atoms with E-state index in [0.717, 1.165) is 32.4 Å². The van der Waals surface area contributed by atoms with E-state index in [1.807, 2.05) is 29.8 Å². The Bertz CT molecular complexity index is 1440. The van der Waals surface area contributed by atoms with Crippen LogP contribution in [-0.2, 0) is 17.8 Å². The van der Waals surface area contributed by atoms with Gasteiger partial charge in [-0.2, -0.15) is 0 Å². The molecule has 0 spiro atoms. The number of amides is 1. The molecule has 0 radical (unpaired) electrons. The highest BCUT2D eigenvalue weighted by Crippen LogP contribution is 2.33. The molecule has 1 N–H and O–H groups in total. The van der Waals surface area contributed by atoms with Gasteiger partial charge in [0.1, 0.15) is 11.4 Å². The van der Waals surface area contributed by atoms with Crippen molar-refractivity contribution in [1.29, 1.82) is 0 Å². The molecule has 5 heterocycles. The molecule has 0 aromatic carbocycles. The fourth-order valence-corrected chi connectivity index (χ4v) is 6.73. The predicted octanol–water partition coefficient (Wildman–Crippen LogP) is 5.04. The second kappa shape index (κ2) is 9.07. The highest BCUT2D eigenvalue weighted by molar-refractivity contribution is 7.18. The maximum atomic E-state index is 13.0. The number of carbonyl (C=O) groups excluding carboxylic acids is 1. The highest BCUT2D eigenvalue weighted by atomic mass is 32.1. The van der Waals surface area contributed by atoms with Crippen LogP contribution in [0.15, 0.2) is 51.5 Å². The van der Waals surface area contributed by atoms with E-state index in [0.29, 0.717) is 16.8 Å². The molecule has 0 bridgehead atoms. The Labute approximate surface area is 199 Å². The molecule has 0 unspecified atom stereocenters. The molecular formula is C22H18N4O2S4. The Morgan fingerprint density at radius 3 is 2.81 bits per heavy atom. The zero-order valence-electron chi connectivity index (χ0n) is 17.0. The summed E-state index contributed by atoms with van der Waals surface area (Å²) in [4.78, 5) is 38.5. The summed E-state index contributed by atoms with van der Waals surface area (Å²) in [5, 5.41) is 10.5. The van der Waals surface area contributed by atoms with Gasteiger partial charge in [-0.05, 0) is 36.9 Å². The second-order valence-corrected chi connectivity index (χ2v) is 11.1. The van der Waals surface area contributed by atoms with Gasteiger partial charge in [0.15, 0.2) is 0 Å². The van der Waals surface area contributed by atoms with Crippen molar-refractivity contribution < 1.29 is 4.79 Å². The van der Waals surface area contributed by atoms with Gasteiger partial charge in [-0.1, -0.05) is 6.07 Å². The summed E-state index contributed by atoms with van der Waals surface area (Å²) in [6.07, 6.45) is 2.19. The number of rotatable bonds is 7. The number of nitrogens with one attached hydrogen (secondary N) is 1. The van der Waals surface area contributed by atoms with Crippen LogP contribution in [0.5, 0.6) is 0 Å². The number of hydrogen-bond acceptors (Lipinski definition) is 8. The van der Waals surface area contributed by atoms with Crippen LogP contribution < -0.4 is 10.9 Å². The number of nitrogens with zero attached hydrogens (tertiary/aromatic N) is 3. The lowest BCUT2D eigenvalue weighted by molar-refractivity contribution is -0.121. The molecule has 5 aromatic rings. The van der Waals surface area contributed by atoms with Crippen molar-refractivity contribution in [3.8, 4) is 21.0 Å². The number of hydrogen-bond donors (Lipinski definition) is 1. The quantitative estimate of drug-likeness (QED) is 0.341. The molecule has 5 aromatic heterocycles. The first-order valence-electron chi connectivity index (χ1n) is 9.87. The van der Waals surface area contributed by atoms with E-state index in [4.69, 9.17) is 0 Å². The van der Waals surface area contributed by atoms with E-state index in [9.17, 15) is 9.59 Å². The highest BCUT2D eigenvalue weighted by Gasteiger charge is 2.15. The van der Waals surface area contributed by atoms with E-state index in [1.165, 1.54) is 27.1 Å². The van der Waals surface area contributed by atoms with Crippen molar-refractivity contribution in [2.75, 3.05) is 6.54 Å². The molecule has 10 heteroatoms. The molecule has 0 saturated carbocycles. The van der Waals surface area contributed by atoms with Crippen LogP contribution in [0.25, 0.3) is 31.2 Å². The number of fused-ring (bicyclic) bond motifs is 1. The average molecular weight is 499 g/mol. The standard InChI is InChI=1S/C22H18N4O2S4/c1-13-25-16(11-30-13)18-5-4-14(32-18)6-7-23-19(27)9-26-12-24-21-20(22(26)28)15(10-31-21)17-3-2-8-29-17/h2-5,8,10-12H,6-7,9H2,1H3,(H,23,27). The Hall–Kier alpha value is -2.66. The summed E-state index contributed by atoms with van der Waals surface area (Å²) in [7, 11) is 0. The normalized spacial score (nSPS) is 11.3. The summed E-state index contributed by atoms with van der Waals surface area (Å²) in [6, 6.07) is 8.09. The molecule has 0 aliphatic heterocycles. The molecule has 5 rings (SSSR count). The fourth-order valence-electron chi connectivity index (χ4n) is 3.36. The number of thiophene rings is 3. The second-order valence-electron chi connectivity index (χ2n) is 7.10. The van der Waals surface area contributed by atoms with Crippen molar-refractivity contribution >= 4 is 61.5 Å². The van der Waals surface area contributed by atoms with Gasteiger partial charge in [0, 0.05) is 32.6 Å². The van der Waals surface area contributed by atoms with Gasteiger partial charge in [0.05, 0.1) is 27.3 Å². The average Bonchev–Trinajstić information content (AvgIpc) is 3.56. The topological polar surface area (TPSA) is 76.9 Å². The Morgan fingerprint density at radius 2 is 2.03 bits per heavy atom. The van der Waals surface area contributed by atoms with Gasteiger partial charge < -0.3 is 5.32 Å². The van der Waals surface area contributed by atoms with Crippen molar-refractivity contribution in [1.82, 2.24) is 19.9 Å². The Kier molecular flexibility index (Phi) is 6.01. The predicted molar refractivity (Wildman–Crippen MR) is 134 cm³/mol. The zero-order valence-corrected chi connectivity index (χ0v) is 20.3. The summed E-state index contributed by atoms with van der Waals surface area (Å²) in [6.45, 7) is 2.46. The summed E-state index contributed by atoms with van der Waals surface area (Å²) >= 11 is 6.36. The molecule has 32 heavy (non-hydrogen) atoms. The smallest absolute Gasteiger partial charge is 0.263 e. The lowest BCUT2D eigenvalue weighted by Crippen LogP contribution is -2.33. The maximum absolute atomic E-state index is 13.0. The first kappa shape index (κ1) is 21.2. The SMILES string of the molecule is Cc1nc(-c2ccc(CCNC(=O)Cn3cnc4scc(-c5cccs5)c4c3=O)s2)cs1. The van der Waals surface area contributed by atoms with Crippen molar-refractivity contribution in [2.45, 2.75) is 19.9 Å².